The molecule has 0 bridgehead atoms. The second-order valence-electron chi connectivity index (χ2n) is 2.89. The predicted molar refractivity (Wildman–Crippen MR) is 64.5 cm³/mol. The van der Waals surface area contributed by atoms with Crippen molar-refractivity contribution in [2.24, 2.45) is 0 Å². The summed E-state index contributed by atoms with van der Waals surface area (Å²) in [5.74, 6) is -0.610. The molecule has 1 rings (SSSR count). The SMILES string of the molecule is CCOC(=O)C(C#N)=C(Br)c1ccccc1. The molecule has 0 heterocycles. The number of benzene rings is 1. The fourth-order valence-electron chi connectivity index (χ4n) is 1.12. The molecule has 0 spiro atoms. The van der Waals surface area contributed by atoms with E-state index in [9.17, 15) is 4.79 Å². The van der Waals surface area contributed by atoms with Crippen LogP contribution in [-0.4, -0.2) is 12.6 Å². The summed E-state index contributed by atoms with van der Waals surface area (Å²) in [4.78, 5) is 11.5. The van der Waals surface area contributed by atoms with Gasteiger partial charge >= 0.3 is 5.97 Å². The van der Waals surface area contributed by atoms with Crippen LogP contribution in [0.5, 0.6) is 0 Å². The van der Waals surface area contributed by atoms with E-state index in [1.54, 1.807) is 19.1 Å². The molecule has 0 aliphatic heterocycles. The van der Waals surface area contributed by atoms with E-state index in [1.165, 1.54) is 0 Å². The summed E-state index contributed by atoms with van der Waals surface area (Å²) < 4.78 is 5.24. The zero-order chi connectivity index (χ0) is 12.0. The number of esters is 1. The van der Waals surface area contributed by atoms with Crippen molar-refractivity contribution in [2.45, 2.75) is 6.92 Å². The normalized spacial score (nSPS) is 11.3. The number of hydrogen-bond acceptors (Lipinski definition) is 3. The third-order valence-electron chi connectivity index (χ3n) is 1.84. The first kappa shape index (κ1) is 12.5. The van der Waals surface area contributed by atoms with Gasteiger partial charge in [-0.15, -0.1) is 0 Å². The summed E-state index contributed by atoms with van der Waals surface area (Å²) in [6.07, 6.45) is 0. The highest BCUT2D eigenvalue weighted by molar-refractivity contribution is 9.15. The maximum atomic E-state index is 11.5. The first-order chi connectivity index (χ1) is 7.70. The first-order valence-electron chi connectivity index (χ1n) is 4.73. The minimum Gasteiger partial charge on any atom is -0.462 e. The molecule has 0 radical (unpaired) electrons. The van der Waals surface area contributed by atoms with Crippen molar-refractivity contribution in [1.29, 1.82) is 5.26 Å². The van der Waals surface area contributed by atoms with Crippen molar-refractivity contribution < 1.29 is 9.53 Å². The fourth-order valence-corrected chi connectivity index (χ4v) is 1.63. The van der Waals surface area contributed by atoms with Crippen LogP contribution >= 0.6 is 15.9 Å². The molecule has 3 nitrogen and oxygen atoms in total. The number of rotatable bonds is 3. The van der Waals surface area contributed by atoms with Gasteiger partial charge in [-0.25, -0.2) is 4.79 Å². The minimum absolute atomic E-state index is 0.0203. The Bertz CT molecular complexity index is 446. The second-order valence-corrected chi connectivity index (χ2v) is 3.68. The highest BCUT2D eigenvalue weighted by Gasteiger charge is 2.15. The lowest BCUT2D eigenvalue weighted by molar-refractivity contribution is -0.137. The summed E-state index contributed by atoms with van der Waals surface area (Å²) in [5.41, 5.74) is 0.750. The van der Waals surface area contributed by atoms with Gasteiger partial charge in [0, 0.05) is 4.48 Å². The second kappa shape index (κ2) is 6.09. The zero-order valence-electron chi connectivity index (χ0n) is 8.74. The topological polar surface area (TPSA) is 50.1 Å². The summed E-state index contributed by atoms with van der Waals surface area (Å²) in [7, 11) is 0. The number of halogens is 1. The highest BCUT2D eigenvalue weighted by atomic mass is 79.9. The number of ether oxygens (including phenoxy) is 1. The van der Waals surface area contributed by atoms with Gasteiger partial charge in [0.25, 0.3) is 0 Å². The molecule has 16 heavy (non-hydrogen) atoms. The minimum atomic E-state index is -0.610. The number of carbonyl (C=O) groups is 1. The van der Waals surface area contributed by atoms with E-state index in [2.05, 4.69) is 15.9 Å². The van der Waals surface area contributed by atoms with Gasteiger partial charge in [-0.3, -0.25) is 0 Å². The first-order valence-corrected chi connectivity index (χ1v) is 5.52. The van der Waals surface area contributed by atoms with E-state index in [4.69, 9.17) is 10.00 Å². The quantitative estimate of drug-likeness (QED) is 0.486. The van der Waals surface area contributed by atoms with Crippen LogP contribution < -0.4 is 0 Å². The molecule has 4 heteroatoms. The lowest BCUT2D eigenvalue weighted by Gasteiger charge is -2.03. The number of nitriles is 1. The lowest BCUT2D eigenvalue weighted by Crippen LogP contribution is -2.07. The van der Waals surface area contributed by atoms with E-state index in [1.807, 2.05) is 24.3 Å². The Balaban J connectivity index is 3.11. The molecular formula is C12H10BrNO2. The smallest absolute Gasteiger partial charge is 0.350 e. The van der Waals surface area contributed by atoms with Gasteiger partial charge < -0.3 is 4.74 Å². The van der Waals surface area contributed by atoms with Gasteiger partial charge in [0.15, 0.2) is 5.57 Å². The fraction of sp³-hybridized carbons (Fsp3) is 0.167. The van der Waals surface area contributed by atoms with Crippen molar-refractivity contribution >= 4 is 26.4 Å². The third-order valence-corrected chi connectivity index (χ3v) is 2.69. The summed E-state index contributed by atoms with van der Waals surface area (Å²) >= 11 is 3.24. The number of hydrogen-bond donors (Lipinski definition) is 0. The molecule has 0 atom stereocenters. The average Bonchev–Trinajstić information content (AvgIpc) is 2.31. The molecular weight excluding hydrogens is 270 g/mol. The standard InChI is InChI=1S/C12H10BrNO2/c1-2-16-12(15)10(8-14)11(13)9-6-4-3-5-7-9/h3-7H,2H2,1H3. The van der Waals surface area contributed by atoms with Crippen molar-refractivity contribution in [3.05, 3.63) is 41.5 Å². The Hall–Kier alpha value is -1.60. The van der Waals surface area contributed by atoms with Crippen molar-refractivity contribution in [3.8, 4) is 6.07 Å². The third kappa shape index (κ3) is 2.94. The zero-order valence-corrected chi connectivity index (χ0v) is 10.3. The monoisotopic (exact) mass is 279 g/mol. The lowest BCUT2D eigenvalue weighted by atomic mass is 10.1. The van der Waals surface area contributed by atoms with Crippen molar-refractivity contribution in [3.63, 3.8) is 0 Å². The molecule has 1 aromatic rings. The number of carbonyl (C=O) groups excluding carboxylic acids is 1. The van der Waals surface area contributed by atoms with Gasteiger partial charge in [0.1, 0.15) is 6.07 Å². The van der Waals surface area contributed by atoms with E-state index in [-0.39, 0.29) is 12.2 Å². The Morgan fingerprint density at radius 1 is 1.44 bits per heavy atom. The molecule has 82 valence electrons. The van der Waals surface area contributed by atoms with E-state index >= 15 is 0 Å². The molecule has 0 aromatic heterocycles. The summed E-state index contributed by atoms with van der Waals surface area (Å²) in [6, 6.07) is 11.0. The average molecular weight is 280 g/mol. The van der Waals surface area contributed by atoms with Crippen molar-refractivity contribution in [2.75, 3.05) is 6.61 Å². The van der Waals surface area contributed by atoms with E-state index in [0.717, 1.165) is 5.56 Å². The van der Waals surface area contributed by atoms with Gasteiger partial charge in [-0.05, 0) is 28.4 Å². The molecule has 0 saturated heterocycles. The van der Waals surface area contributed by atoms with Crippen molar-refractivity contribution in [1.82, 2.24) is 0 Å². The maximum absolute atomic E-state index is 11.5. The van der Waals surface area contributed by atoms with Crippen LogP contribution in [0, 0.1) is 11.3 Å². The van der Waals surface area contributed by atoms with Crippen LogP contribution in [-0.2, 0) is 9.53 Å². The van der Waals surface area contributed by atoms with Crippen LogP contribution in [0.1, 0.15) is 12.5 Å². The molecule has 0 aliphatic carbocycles. The molecule has 0 fully saturated rings. The molecule has 0 amide bonds. The predicted octanol–water partition coefficient (Wildman–Crippen LogP) is 2.88. The van der Waals surface area contributed by atoms with Gasteiger partial charge in [0.2, 0.25) is 0 Å². The van der Waals surface area contributed by atoms with Gasteiger partial charge in [-0.1, -0.05) is 30.3 Å². The van der Waals surface area contributed by atoms with Crippen LogP contribution in [0.15, 0.2) is 35.9 Å². The van der Waals surface area contributed by atoms with Crippen LogP contribution in [0.4, 0.5) is 0 Å². The molecule has 0 saturated carbocycles. The van der Waals surface area contributed by atoms with Crippen LogP contribution in [0.2, 0.25) is 0 Å². The molecule has 1 aromatic carbocycles. The highest BCUT2D eigenvalue weighted by Crippen LogP contribution is 2.25. The Labute approximate surface area is 102 Å². The van der Waals surface area contributed by atoms with E-state index < -0.39 is 5.97 Å². The Morgan fingerprint density at radius 3 is 2.56 bits per heavy atom. The van der Waals surface area contributed by atoms with Crippen LogP contribution in [0.25, 0.3) is 4.48 Å². The summed E-state index contributed by atoms with van der Waals surface area (Å²) in [5, 5.41) is 8.92. The Kier molecular flexibility index (Phi) is 4.74. The maximum Gasteiger partial charge on any atom is 0.350 e. The Morgan fingerprint density at radius 2 is 2.06 bits per heavy atom. The molecule has 0 N–H and O–H groups in total. The van der Waals surface area contributed by atoms with Gasteiger partial charge in [-0.2, -0.15) is 5.26 Å². The van der Waals surface area contributed by atoms with E-state index in [0.29, 0.717) is 4.48 Å². The largest absolute Gasteiger partial charge is 0.462 e. The van der Waals surface area contributed by atoms with Gasteiger partial charge in [0.05, 0.1) is 6.61 Å². The molecule has 0 aliphatic rings. The summed E-state index contributed by atoms with van der Waals surface area (Å²) in [6.45, 7) is 1.95. The molecule has 0 unspecified atom stereocenters. The van der Waals surface area contributed by atoms with Crippen LogP contribution in [0.3, 0.4) is 0 Å². The number of nitrogens with zero attached hydrogens (tertiary/aromatic N) is 1.